The third-order valence-electron chi connectivity index (χ3n) is 2.12. The van der Waals surface area contributed by atoms with Crippen LogP contribution in [0.1, 0.15) is 26.2 Å². The molecule has 0 atom stereocenters. The highest BCUT2D eigenvalue weighted by Crippen LogP contribution is 2.29. The minimum atomic E-state index is -4.31. The number of halogens is 3. The average molecular weight is 224 g/mol. The van der Waals surface area contributed by atoms with Gasteiger partial charge in [-0.15, -0.1) is 0 Å². The fourth-order valence-corrected chi connectivity index (χ4v) is 1.28. The molecule has 0 spiro atoms. The van der Waals surface area contributed by atoms with Gasteiger partial charge < -0.3 is 10.2 Å². The predicted molar refractivity (Wildman–Crippen MR) is 49.5 cm³/mol. The van der Waals surface area contributed by atoms with Crippen LogP contribution in [0.15, 0.2) is 0 Å². The van der Waals surface area contributed by atoms with Gasteiger partial charge in [0.2, 0.25) is 0 Å². The molecule has 0 heterocycles. The number of amides is 2. The molecule has 88 valence electrons. The Morgan fingerprint density at radius 2 is 2.07 bits per heavy atom. The molecule has 0 bridgehead atoms. The fourth-order valence-electron chi connectivity index (χ4n) is 1.28. The number of alkyl halides is 3. The van der Waals surface area contributed by atoms with E-state index in [9.17, 15) is 18.0 Å². The van der Waals surface area contributed by atoms with E-state index >= 15 is 0 Å². The molecule has 1 aliphatic rings. The summed E-state index contributed by atoms with van der Waals surface area (Å²) in [4.78, 5) is 12.3. The van der Waals surface area contributed by atoms with Crippen LogP contribution in [0.25, 0.3) is 0 Å². The fraction of sp³-hybridized carbons (Fsp3) is 0.889. The summed E-state index contributed by atoms with van der Waals surface area (Å²) in [5.74, 6) is 0. The largest absolute Gasteiger partial charge is 0.406 e. The van der Waals surface area contributed by atoms with Crippen molar-refractivity contribution in [3.05, 3.63) is 0 Å². The Balaban J connectivity index is 2.46. The second-order valence-corrected chi connectivity index (χ2v) is 3.71. The molecule has 6 heteroatoms. The number of urea groups is 1. The summed E-state index contributed by atoms with van der Waals surface area (Å²) in [6, 6.07) is -0.819. The Morgan fingerprint density at radius 1 is 1.47 bits per heavy atom. The minimum Gasteiger partial charge on any atom is -0.338 e. The Morgan fingerprint density at radius 3 is 2.47 bits per heavy atom. The first kappa shape index (κ1) is 12.1. The number of carbonyl (C=O) groups is 1. The van der Waals surface area contributed by atoms with E-state index in [0.29, 0.717) is 19.4 Å². The summed E-state index contributed by atoms with van der Waals surface area (Å²) in [6.07, 6.45) is -2.24. The average Bonchev–Trinajstić information content (AvgIpc) is 2.92. The lowest BCUT2D eigenvalue weighted by molar-refractivity contribution is -0.140. The first-order chi connectivity index (χ1) is 6.94. The van der Waals surface area contributed by atoms with Gasteiger partial charge in [-0.1, -0.05) is 6.92 Å². The Kier molecular flexibility index (Phi) is 3.82. The molecule has 0 saturated heterocycles. The smallest absolute Gasteiger partial charge is 0.338 e. The van der Waals surface area contributed by atoms with Crippen molar-refractivity contribution in [2.75, 3.05) is 13.1 Å². The van der Waals surface area contributed by atoms with Crippen molar-refractivity contribution in [1.29, 1.82) is 0 Å². The molecule has 3 nitrogen and oxygen atoms in total. The number of hydrogen-bond donors (Lipinski definition) is 1. The monoisotopic (exact) mass is 224 g/mol. The van der Waals surface area contributed by atoms with Gasteiger partial charge >= 0.3 is 12.2 Å². The molecular weight excluding hydrogens is 209 g/mol. The predicted octanol–water partition coefficient (Wildman–Crippen LogP) is 2.13. The lowest BCUT2D eigenvalue weighted by Crippen LogP contribution is -2.46. The number of nitrogens with zero attached hydrogens (tertiary/aromatic N) is 1. The zero-order valence-electron chi connectivity index (χ0n) is 8.60. The molecule has 1 saturated carbocycles. The standard InChI is InChI=1S/C9H15F3N2O/c1-2-5-13-8(15)14(7-3-4-7)6-9(10,11)12/h7H,2-6H2,1H3,(H,13,15). The van der Waals surface area contributed by atoms with E-state index in [-0.39, 0.29) is 6.04 Å². The molecule has 1 fully saturated rings. The molecule has 0 unspecified atom stereocenters. The first-order valence-corrected chi connectivity index (χ1v) is 5.05. The quantitative estimate of drug-likeness (QED) is 0.779. The molecule has 15 heavy (non-hydrogen) atoms. The van der Waals surface area contributed by atoms with Gasteiger partial charge in [0.15, 0.2) is 0 Å². The van der Waals surface area contributed by atoms with Crippen LogP contribution < -0.4 is 5.32 Å². The maximum Gasteiger partial charge on any atom is 0.406 e. The molecule has 0 aromatic heterocycles. The third-order valence-corrected chi connectivity index (χ3v) is 2.12. The van der Waals surface area contributed by atoms with Crippen molar-refractivity contribution in [2.24, 2.45) is 0 Å². The summed E-state index contributed by atoms with van der Waals surface area (Å²) >= 11 is 0. The highest BCUT2D eigenvalue weighted by Gasteiger charge is 2.40. The van der Waals surface area contributed by atoms with Crippen LogP contribution in [0.2, 0.25) is 0 Å². The van der Waals surface area contributed by atoms with Crippen LogP contribution in [-0.2, 0) is 0 Å². The molecule has 0 aromatic rings. The van der Waals surface area contributed by atoms with Crippen LogP contribution in [-0.4, -0.2) is 36.2 Å². The first-order valence-electron chi connectivity index (χ1n) is 5.05. The molecule has 1 aliphatic carbocycles. The second-order valence-electron chi connectivity index (χ2n) is 3.71. The van der Waals surface area contributed by atoms with Gasteiger partial charge in [-0.05, 0) is 19.3 Å². The number of rotatable bonds is 4. The lowest BCUT2D eigenvalue weighted by atomic mass is 10.4. The van der Waals surface area contributed by atoms with Crippen molar-refractivity contribution >= 4 is 6.03 Å². The van der Waals surface area contributed by atoms with Crippen molar-refractivity contribution in [3.63, 3.8) is 0 Å². The maximum absolute atomic E-state index is 12.2. The van der Waals surface area contributed by atoms with Crippen LogP contribution in [0, 0.1) is 0 Å². The van der Waals surface area contributed by atoms with Crippen molar-refractivity contribution in [2.45, 2.75) is 38.4 Å². The van der Waals surface area contributed by atoms with E-state index in [1.54, 1.807) is 0 Å². The molecule has 0 radical (unpaired) electrons. The van der Waals surface area contributed by atoms with Gasteiger partial charge in [0.25, 0.3) is 0 Å². The number of hydrogen-bond acceptors (Lipinski definition) is 1. The van der Waals surface area contributed by atoms with Crippen LogP contribution in [0.4, 0.5) is 18.0 Å². The van der Waals surface area contributed by atoms with Gasteiger partial charge in [-0.25, -0.2) is 4.79 Å². The maximum atomic E-state index is 12.2. The summed E-state index contributed by atoms with van der Waals surface area (Å²) < 4.78 is 36.5. The van der Waals surface area contributed by atoms with Crippen molar-refractivity contribution in [1.82, 2.24) is 10.2 Å². The van der Waals surface area contributed by atoms with E-state index in [1.165, 1.54) is 0 Å². The van der Waals surface area contributed by atoms with Gasteiger partial charge in [-0.3, -0.25) is 0 Å². The Bertz CT molecular complexity index is 226. The molecule has 1 rings (SSSR count). The molecule has 1 N–H and O–H groups in total. The van der Waals surface area contributed by atoms with Gasteiger partial charge in [0.05, 0.1) is 0 Å². The van der Waals surface area contributed by atoms with Crippen LogP contribution in [0.3, 0.4) is 0 Å². The Hall–Kier alpha value is -0.940. The Labute approximate surface area is 86.6 Å². The molecule has 2 amide bonds. The number of nitrogens with one attached hydrogen (secondary N) is 1. The summed E-state index contributed by atoms with van der Waals surface area (Å²) in [5, 5.41) is 2.46. The molecular formula is C9H15F3N2O. The van der Waals surface area contributed by atoms with Crippen LogP contribution >= 0.6 is 0 Å². The molecule has 0 aliphatic heterocycles. The lowest BCUT2D eigenvalue weighted by Gasteiger charge is -2.23. The normalized spacial score (nSPS) is 16.3. The highest BCUT2D eigenvalue weighted by molar-refractivity contribution is 5.74. The molecule has 0 aromatic carbocycles. The van der Waals surface area contributed by atoms with Crippen LogP contribution in [0.5, 0.6) is 0 Å². The summed E-state index contributed by atoms with van der Waals surface area (Å²) in [5.41, 5.74) is 0. The minimum absolute atomic E-state index is 0.219. The van der Waals surface area contributed by atoms with E-state index in [0.717, 1.165) is 11.3 Å². The third kappa shape index (κ3) is 4.40. The van der Waals surface area contributed by atoms with Gasteiger partial charge in [-0.2, -0.15) is 13.2 Å². The van der Waals surface area contributed by atoms with E-state index in [1.807, 2.05) is 6.92 Å². The van der Waals surface area contributed by atoms with Gasteiger partial charge in [0, 0.05) is 12.6 Å². The zero-order chi connectivity index (χ0) is 11.5. The van der Waals surface area contributed by atoms with Gasteiger partial charge in [0.1, 0.15) is 6.54 Å². The topological polar surface area (TPSA) is 32.3 Å². The second kappa shape index (κ2) is 4.72. The number of carbonyl (C=O) groups excluding carboxylic acids is 1. The zero-order valence-corrected chi connectivity index (χ0v) is 8.60. The van der Waals surface area contributed by atoms with E-state index in [4.69, 9.17) is 0 Å². The SMILES string of the molecule is CCCNC(=O)N(CC(F)(F)F)C1CC1. The van der Waals surface area contributed by atoms with E-state index < -0.39 is 18.8 Å². The summed E-state index contributed by atoms with van der Waals surface area (Å²) in [7, 11) is 0. The van der Waals surface area contributed by atoms with Crippen molar-refractivity contribution < 1.29 is 18.0 Å². The van der Waals surface area contributed by atoms with Crippen molar-refractivity contribution in [3.8, 4) is 0 Å². The highest BCUT2D eigenvalue weighted by atomic mass is 19.4. The summed E-state index contributed by atoms with van der Waals surface area (Å²) in [6.45, 7) is 1.12. The van der Waals surface area contributed by atoms with E-state index in [2.05, 4.69) is 5.32 Å².